The van der Waals surface area contributed by atoms with Gasteiger partial charge in [0.2, 0.25) is 0 Å². The number of halogens is 1. The van der Waals surface area contributed by atoms with Crippen molar-refractivity contribution >= 4 is 23.5 Å². The van der Waals surface area contributed by atoms with Crippen LogP contribution < -0.4 is 5.32 Å². The van der Waals surface area contributed by atoms with Gasteiger partial charge < -0.3 is 10.4 Å². The van der Waals surface area contributed by atoms with Crippen LogP contribution in [0.5, 0.6) is 0 Å². The molecule has 2 aromatic rings. The number of carbonyl (C=O) groups excluding carboxylic acids is 1. The van der Waals surface area contributed by atoms with E-state index in [2.05, 4.69) is 10.4 Å². The zero-order valence-corrected chi connectivity index (χ0v) is 13.8. The van der Waals surface area contributed by atoms with E-state index in [0.717, 1.165) is 5.69 Å². The first kappa shape index (κ1) is 17.0. The molecule has 0 saturated carbocycles. The average molecular weight is 336 g/mol. The van der Waals surface area contributed by atoms with Crippen LogP contribution in [0.15, 0.2) is 30.5 Å². The van der Waals surface area contributed by atoms with Gasteiger partial charge >= 0.3 is 5.97 Å². The van der Waals surface area contributed by atoms with Crippen LogP contribution >= 0.6 is 11.6 Å². The van der Waals surface area contributed by atoms with E-state index < -0.39 is 17.9 Å². The van der Waals surface area contributed by atoms with E-state index in [1.165, 1.54) is 6.20 Å². The monoisotopic (exact) mass is 335 g/mol. The standard InChI is InChI=1S/C16H18ClN3O3/c1-9(2)14(16(22)23)19-15(21)13-8-18-20(10(13)3)12-6-4-5-11(17)7-12/h4-9,14H,1-3H3,(H,19,21)(H,22,23). The first-order valence-corrected chi connectivity index (χ1v) is 7.53. The fourth-order valence-corrected chi connectivity index (χ4v) is 2.42. The van der Waals surface area contributed by atoms with Crippen molar-refractivity contribution in [3.05, 3.63) is 46.7 Å². The van der Waals surface area contributed by atoms with Gasteiger partial charge in [-0.3, -0.25) is 4.79 Å². The Morgan fingerprint density at radius 3 is 2.61 bits per heavy atom. The highest BCUT2D eigenvalue weighted by atomic mass is 35.5. The lowest BCUT2D eigenvalue weighted by atomic mass is 10.0. The molecule has 1 amide bonds. The van der Waals surface area contributed by atoms with E-state index >= 15 is 0 Å². The topological polar surface area (TPSA) is 84.2 Å². The number of carboxylic acids is 1. The number of nitrogens with zero attached hydrogens (tertiary/aromatic N) is 2. The van der Waals surface area contributed by atoms with Crippen molar-refractivity contribution in [2.75, 3.05) is 0 Å². The molecule has 2 N–H and O–H groups in total. The molecule has 1 unspecified atom stereocenters. The van der Waals surface area contributed by atoms with E-state index in [4.69, 9.17) is 11.6 Å². The van der Waals surface area contributed by atoms with Crippen LogP contribution in [-0.4, -0.2) is 32.8 Å². The number of amides is 1. The minimum atomic E-state index is -1.06. The van der Waals surface area contributed by atoms with E-state index in [1.54, 1.807) is 43.7 Å². The first-order valence-electron chi connectivity index (χ1n) is 7.15. The van der Waals surface area contributed by atoms with Gasteiger partial charge in [0.15, 0.2) is 0 Å². The summed E-state index contributed by atoms with van der Waals surface area (Å²) in [6.07, 6.45) is 1.42. The van der Waals surface area contributed by atoms with Crippen molar-refractivity contribution in [2.45, 2.75) is 26.8 Å². The predicted octanol–water partition coefficient (Wildman–Crippen LogP) is 2.67. The molecule has 0 fully saturated rings. The molecule has 0 aliphatic rings. The number of rotatable bonds is 5. The predicted molar refractivity (Wildman–Crippen MR) is 87.0 cm³/mol. The van der Waals surface area contributed by atoms with Gasteiger partial charge in [0, 0.05) is 5.02 Å². The third-order valence-corrected chi connectivity index (χ3v) is 3.76. The summed E-state index contributed by atoms with van der Waals surface area (Å²) in [5, 5.41) is 16.5. The van der Waals surface area contributed by atoms with Gasteiger partial charge in [-0.05, 0) is 31.0 Å². The SMILES string of the molecule is Cc1c(C(=O)NC(C(=O)O)C(C)C)cnn1-c1cccc(Cl)c1. The molecule has 1 aromatic carbocycles. The summed E-state index contributed by atoms with van der Waals surface area (Å²) in [4.78, 5) is 23.5. The second-order valence-electron chi connectivity index (χ2n) is 5.57. The Morgan fingerprint density at radius 2 is 2.04 bits per heavy atom. The molecule has 0 aliphatic carbocycles. The van der Waals surface area contributed by atoms with Gasteiger partial charge in [-0.25, -0.2) is 9.48 Å². The van der Waals surface area contributed by atoms with E-state index in [1.807, 2.05) is 6.07 Å². The normalized spacial score (nSPS) is 12.2. The molecule has 0 aliphatic heterocycles. The van der Waals surface area contributed by atoms with Gasteiger partial charge in [-0.1, -0.05) is 31.5 Å². The number of carbonyl (C=O) groups is 2. The Balaban J connectivity index is 2.28. The summed E-state index contributed by atoms with van der Waals surface area (Å²) in [7, 11) is 0. The lowest BCUT2D eigenvalue weighted by Crippen LogP contribution is -2.44. The maximum atomic E-state index is 12.3. The van der Waals surface area contributed by atoms with Crippen molar-refractivity contribution in [3.63, 3.8) is 0 Å². The van der Waals surface area contributed by atoms with Crippen molar-refractivity contribution in [1.29, 1.82) is 0 Å². The Labute approximate surface area is 139 Å². The fourth-order valence-electron chi connectivity index (χ4n) is 2.23. The summed E-state index contributed by atoms with van der Waals surface area (Å²) < 4.78 is 1.59. The number of aromatic nitrogens is 2. The summed E-state index contributed by atoms with van der Waals surface area (Å²) in [6, 6.07) is 6.14. The summed E-state index contributed by atoms with van der Waals surface area (Å²) in [5.41, 5.74) is 1.67. The van der Waals surface area contributed by atoms with E-state index in [-0.39, 0.29) is 5.92 Å². The highest BCUT2D eigenvalue weighted by molar-refractivity contribution is 6.30. The zero-order valence-electron chi connectivity index (χ0n) is 13.1. The van der Waals surface area contributed by atoms with Crippen LogP contribution in [0.3, 0.4) is 0 Å². The molecule has 0 saturated heterocycles. The molecule has 7 heteroatoms. The number of aliphatic carboxylic acids is 1. The van der Waals surface area contributed by atoms with Crippen molar-refractivity contribution in [1.82, 2.24) is 15.1 Å². The quantitative estimate of drug-likeness (QED) is 0.879. The van der Waals surface area contributed by atoms with E-state index in [0.29, 0.717) is 16.3 Å². The van der Waals surface area contributed by atoms with Crippen LogP contribution in [0.25, 0.3) is 5.69 Å². The second kappa shape index (κ2) is 6.83. The Hall–Kier alpha value is -2.34. The molecule has 1 heterocycles. The molecule has 23 heavy (non-hydrogen) atoms. The summed E-state index contributed by atoms with van der Waals surface area (Å²) >= 11 is 5.97. The Bertz CT molecular complexity index is 740. The summed E-state index contributed by atoms with van der Waals surface area (Å²) in [5.74, 6) is -1.75. The first-order chi connectivity index (χ1) is 10.8. The van der Waals surface area contributed by atoms with E-state index in [9.17, 15) is 14.7 Å². The highest BCUT2D eigenvalue weighted by Crippen LogP contribution is 2.18. The van der Waals surface area contributed by atoms with Crippen LogP contribution in [0.1, 0.15) is 29.9 Å². The number of hydrogen-bond donors (Lipinski definition) is 2. The number of hydrogen-bond acceptors (Lipinski definition) is 3. The number of carboxylic acid groups (broad SMARTS) is 1. The molecule has 2 rings (SSSR count). The molecule has 0 bridgehead atoms. The second-order valence-corrected chi connectivity index (χ2v) is 6.01. The molecule has 6 nitrogen and oxygen atoms in total. The lowest BCUT2D eigenvalue weighted by Gasteiger charge is -2.17. The van der Waals surface area contributed by atoms with Crippen molar-refractivity contribution < 1.29 is 14.7 Å². The molecule has 0 radical (unpaired) electrons. The lowest BCUT2D eigenvalue weighted by molar-refractivity contribution is -0.140. The molecule has 1 atom stereocenters. The third kappa shape index (κ3) is 3.71. The molecule has 122 valence electrons. The smallest absolute Gasteiger partial charge is 0.326 e. The Kier molecular flexibility index (Phi) is 5.05. The molecule has 0 spiro atoms. The number of benzene rings is 1. The highest BCUT2D eigenvalue weighted by Gasteiger charge is 2.25. The maximum Gasteiger partial charge on any atom is 0.326 e. The van der Waals surface area contributed by atoms with Crippen LogP contribution in [0, 0.1) is 12.8 Å². The molecular formula is C16H18ClN3O3. The number of nitrogens with one attached hydrogen (secondary N) is 1. The van der Waals surface area contributed by atoms with Gasteiger partial charge in [0.25, 0.3) is 5.91 Å². The van der Waals surface area contributed by atoms with Crippen molar-refractivity contribution in [2.24, 2.45) is 5.92 Å². The van der Waals surface area contributed by atoms with Gasteiger partial charge in [-0.15, -0.1) is 0 Å². The fraction of sp³-hybridized carbons (Fsp3) is 0.312. The largest absolute Gasteiger partial charge is 0.480 e. The van der Waals surface area contributed by atoms with Gasteiger partial charge in [0.05, 0.1) is 23.1 Å². The van der Waals surface area contributed by atoms with Gasteiger partial charge in [0.1, 0.15) is 6.04 Å². The molecule has 1 aromatic heterocycles. The minimum Gasteiger partial charge on any atom is -0.480 e. The van der Waals surface area contributed by atoms with Crippen LogP contribution in [-0.2, 0) is 4.79 Å². The maximum absolute atomic E-state index is 12.3. The minimum absolute atomic E-state index is 0.222. The zero-order chi connectivity index (χ0) is 17.1. The van der Waals surface area contributed by atoms with Crippen LogP contribution in [0.4, 0.5) is 0 Å². The molecular weight excluding hydrogens is 318 g/mol. The third-order valence-electron chi connectivity index (χ3n) is 3.53. The van der Waals surface area contributed by atoms with Crippen LogP contribution in [0.2, 0.25) is 5.02 Å². The summed E-state index contributed by atoms with van der Waals surface area (Å²) in [6.45, 7) is 5.22. The Morgan fingerprint density at radius 1 is 1.35 bits per heavy atom. The van der Waals surface area contributed by atoms with Crippen molar-refractivity contribution in [3.8, 4) is 5.69 Å². The van der Waals surface area contributed by atoms with Gasteiger partial charge in [-0.2, -0.15) is 5.10 Å². The average Bonchev–Trinajstić information content (AvgIpc) is 2.85.